The van der Waals surface area contributed by atoms with Crippen LogP contribution in [-0.4, -0.2) is 51.9 Å². The molecule has 1 aliphatic carbocycles. The van der Waals surface area contributed by atoms with Crippen LogP contribution in [0.4, 0.5) is 0 Å². The van der Waals surface area contributed by atoms with Crippen molar-refractivity contribution in [2.45, 2.75) is 43.2 Å². The number of nitrogens with one attached hydrogen (secondary N) is 2. The number of nitrogens with two attached hydrogens (primary N) is 1. The van der Waals surface area contributed by atoms with Gasteiger partial charge in [-0.05, 0) is 30.5 Å². The highest BCUT2D eigenvalue weighted by atomic mass is 127. The molecule has 0 unspecified atom stereocenters. The summed E-state index contributed by atoms with van der Waals surface area (Å²) in [6.45, 7) is 0.527. The second-order valence-corrected chi connectivity index (χ2v) is 8.18. The second kappa shape index (κ2) is 10.8. The largest absolute Gasteiger partial charge is 0.354 e. The smallest absolute Gasteiger partial charge is 0.241 e. The van der Waals surface area contributed by atoms with E-state index in [0.717, 1.165) is 18.4 Å². The van der Waals surface area contributed by atoms with Gasteiger partial charge in [-0.3, -0.25) is 4.79 Å². The standard InChI is InChI=1S/C17H27N5O3S.HI/c1-22(2)16(23)12-20-17(21-14-5-3-4-6-14)19-11-13-7-9-15(10-8-13)26(18,24)25;/h7-10,14H,3-6,11-12H2,1-2H3,(H2,18,24,25)(H2,19,20,21);1H. The van der Waals surface area contributed by atoms with Gasteiger partial charge in [0, 0.05) is 20.1 Å². The number of halogens is 1. The number of hydrogen-bond donors (Lipinski definition) is 3. The molecule has 0 aromatic heterocycles. The Balaban J connectivity index is 0.00000364. The van der Waals surface area contributed by atoms with E-state index in [4.69, 9.17) is 5.14 Å². The van der Waals surface area contributed by atoms with Crippen molar-refractivity contribution < 1.29 is 13.2 Å². The number of amides is 1. The number of benzene rings is 1. The second-order valence-electron chi connectivity index (χ2n) is 6.62. The molecule has 152 valence electrons. The van der Waals surface area contributed by atoms with Crippen LogP contribution in [0.2, 0.25) is 0 Å². The Kier molecular flexibility index (Phi) is 9.47. The molecule has 1 amide bonds. The molecule has 8 nitrogen and oxygen atoms in total. The number of hydrogen-bond acceptors (Lipinski definition) is 4. The van der Waals surface area contributed by atoms with Gasteiger partial charge in [-0.1, -0.05) is 25.0 Å². The van der Waals surface area contributed by atoms with Crippen LogP contribution in [0.15, 0.2) is 34.2 Å². The van der Waals surface area contributed by atoms with Gasteiger partial charge in [0.2, 0.25) is 15.9 Å². The highest BCUT2D eigenvalue weighted by molar-refractivity contribution is 14.0. The third kappa shape index (κ3) is 8.01. The Hall–Kier alpha value is -1.40. The first-order valence-electron chi connectivity index (χ1n) is 8.62. The van der Waals surface area contributed by atoms with Crippen LogP contribution >= 0.6 is 24.0 Å². The van der Waals surface area contributed by atoms with Crippen molar-refractivity contribution in [3.8, 4) is 0 Å². The van der Waals surface area contributed by atoms with Crippen molar-refractivity contribution in [2.24, 2.45) is 10.1 Å². The zero-order valence-electron chi connectivity index (χ0n) is 15.6. The van der Waals surface area contributed by atoms with E-state index in [1.54, 1.807) is 26.2 Å². The predicted octanol–water partition coefficient (Wildman–Crippen LogP) is 1.02. The summed E-state index contributed by atoms with van der Waals surface area (Å²) in [6.07, 6.45) is 4.56. The van der Waals surface area contributed by atoms with E-state index < -0.39 is 10.0 Å². The molecular weight excluding hydrogens is 481 g/mol. The van der Waals surface area contributed by atoms with Gasteiger partial charge in [0.25, 0.3) is 0 Å². The van der Waals surface area contributed by atoms with Gasteiger partial charge in [0.15, 0.2) is 5.96 Å². The van der Waals surface area contributed by atoms with Crippen LogP contribution in [-0.2, 0) is 21.4 Å². The molecule has 0 aliphatic heterocycles. The highest BCUT2D eigenvalue weighted by Crippen LogP contribution is 2.17. The summed E-state index contributed by atoms with van der Waals surface area (Å²) < 4.78 is 22.6. The molecule has 0 atom stereocenters. The van der Waals surface area contributed by atoms with Crippen LogP contribution in [0.1, 0.15) is 31.2 Å². The number of sulfonamides is 1. The zero-order valence-corrected chi connectivity index (χ0v) is 18.8. The number of carbonyl (C=O) groups excluding carboxylic acids is 1. The first-order chi connectivity index (χ1) is 12.3. The molecule has 0 saturated heterocycles. The Morgan fingerprint density at radius 3 is 2.33 bits per heavy atom. The van der Waals surface area contributed by atoms with Crippen molar-refractivity contribution in [2.75, 3.05) is 20.6 Å². The molecule has 4 N–H and O–H groups in total. The average molecular weight is 509 g/mol. The molecule has 10 heteroatoms. The fraction of sp³-hybridized carbons (Fsp3) is 0.529. The molecule has 1 aromatic rings. The first-order valence-corrected chi connectivity index (χ1v) is 10.2. The monoisotopic (exact) mass is 509 g/mol. The topological polar surface area (TPSA) is 117 Å². The lowest BCUT2D eigenvalue weighted by Crippen LogP contribution is -2.46. The third-order valence-corrected chi connectivity index (χ3v) is 5.20. The number of primary sulfonamides is 1. The summed E-state index contributed by atoms with van der Waals surface area (Å²) in [5.74, 6) is 0.547. The van der Waals surface area contributed by atoms with E-state index in [1.807, 2.05) is 0 Å². The minimum absolute atomic E-state index is 0. The Bertz CT molecular complexity index is 744. The lowest BCUT2D eigenvalue weighted by atomic mass is 10.2. The van der Waals surface area contributed by atoms with Crippen molar-refractivity contribution in [1.29, 1.82) is 0 Å². The highest BCUT2D eigenvalue weighted by Gasteiger charge is 2.16. The minimum atomic E-state index is -3.70. The van der Waals surface area contributed by atoms with E-state index in [9.17, 15) is 13.2 Å². The number of nitrogens with zero attached hydrogens (tertiary/aromatic N) is 2. The molecule has 1 aromatic carbocycles. The van der Waals surface area contributed by atoms with Crippen LogP contribution in [0.25, 0.3) is 0 Å². The summed E-state index contributed by atoms with van der Waals surface area (Å²) in [5, 5.41) is 11.5. The molecule has 27 heavy (non-hydrogen) atoms. The lowest BCUT2D eigenvalue weighted by Gasteiger charge is -2.18. The number of likely N-dealkylation sites (N-methyl/N-ethyl adjacent to an activating group) is 1. The van der Waals surface area contributed by atoms with Crippen LogP contribution in [0.3, 0.4) is 0 Å². The van der Waals surface area contributed by atoms with E-state index in [1.165, 1.54) is 29.9 Å². The summed E-state index contributed by atoms with van der Waals surface area (Å²) in [7, 11) is -0.282. The molecule has 1 aliphatic rings. The van der Waals surface area contributed by atoms with E-state index in [-0.39, 0.29) is 41.3 Å². The zero-order chi connectivity index (χ0) is 19.2. The van der Waals surface area contributed by atoms with E-state index in [2.05, 4.69) is 15.6 Å². The quantitative estimate of drug-likeness (QED) is 0.301. The van der Waals surface area contributed by atoms with Gasteiger partial charge in [-0.2, -0.15) is 0 Å². The Morgan fingerprint density at radius 1 is 1.22 bits per heavy atom. The maximum atomic E-state index is 11.8. The van der Waals surface area contributed by atoms with Crippen molar-refractivity contribution in [1.82, 2.24) is 15.5 Å². The fourth-order valence-corrected chi connectivity index (χ4v) is 3.20. The first kappa shape index (κ1) is 23.6. The lowest BCUT2D eigenvalue weighted by molar-refractivity contribution is -0.127. The van der Waals surface area contributed by atoms with Crippen molar-refractivity contribution in [3.63, 3.8) is 0 Å². The number of carbonyl (C=O) groups is 1. The van der Waals surface area contributed by atoms with Crippen molar-refractivity contribution in [3.05, 3.63) is 29.8 Å². The van der Waals surface area contributed by atoms with Crippen molar-refractivity contribution >= 4 is 45.9 Å². The molecule has 0 bridgehead atoms. The summed E-state index contributed by atoms with van der Waals surface area (Å²) in [4.78, 5) is 17.9. The normalized spacial score (nSPS) is 15.1. The predicted molar refractivity (Wildman–Crippen MR) is 116 cm³/mol. The van der Waals surface area contributed by atoms with Crippen LogP contribution in [0.5, 0.6) is 0 Å². The SMILES string of the molecule is CN(C)C(=O)CNC(=NCc1ccc(S(N)(=O)=O)cc1)NC1CCCC1.I. The van der Waals surface area contributed by atoms with Gasteiger partial charge in [-0.15, -0.1) is 24.0 Å². The number of rotatable bonds is 6. The van der Waals surface area contributed by atoms with Gasteiger partial charge < -0.3 is 15.5 Å². The van der Waals surface area contributed by atoms with E-state index >= 15 is 0 Å². The minimum Gasteiger partial charge on any atom is -0.354 e. The maximum absolute atomic E-state index is 11.8. The summed E-state index contributed by atoms with van der Waals surface area (Å²) >= 11 is 0. The fourth-order valence-electron chi connectivity index (χ4n) is 2.69. The Morgan fingerprint density at radius 2 is 1.81 bits per heavy atom. The number of aliphatic imine (C=N–C) groups is 1. The van der Waals surface area contributed by atoms with Crippen LogP contribution in [0, 0.1) is 0 Å². The summed E-state index contributed by atoms with van der Waals surface area (Å²) in [6, 6.07) is 6.66. The molecule has 0 heterocycles. The van der Waals surface area contributed by atoms with E-state index in [0.29, 0.717) is 18.5 Å². The summed E-state index contributed by atoms with van der Waals surface area (Å²) in [5.41, 5.74) is 0.851. The van der Waals surface area contributed by atoms with Gasteiger partial charge >= 0.3 is 0 Å². The van der Waals surface area contributed by atoms with Gasteiger partial charge in [0.05, 0.1) is 18.0 Å². The molecule has 2 rings (SSSR count). The molecular formula is C17H28IN5O3S. The Labute approximate surface area is 178 Å². The number of guanidine groups is 1. The third-order valence-electron chi connectivity index (χ3n) is 4.27. The molecule has 0 radical (unpaired) electrons. The van der Waals surface area contributed by atoms with Gasteiger partial charge in [0.1, 0.15) is 0 Å². The molecule has 1 fully saturated rings. The molecule has 0 spiro atoms. The molecule has 1 saturated carbocycles. The van der Waals surface area contributed by atoms with Crippen LogP contribution < -0.4 is 15.8 Å². The average Bonchev–Trinajstić information content (AvgIpc) is 3.09. The maximum Gasteiger partial charge on any atom is 0.241 e. The van der Waals surface area contributed by atoms with Gasteiger partial charge in [-0.25, -0.2) is 18.5 Å².